The first-order valence-corrected chi connectivity index (χ1v) is 5.39. The average Bonchev–Trinajstić information content (AvgIpc) is 2.30. The molecule has 2 aromatic rings. The van der Waals surface area contributed by atoms with Crippen molar-refractivity contribution in [1.82, 2.24) is 4.98 Å². The third-order valence-electron chi connectivity index (χ3n) is 1.79. The molecule has 0 saturated heterocycles. The Bertz CT molecular complexity index is 410. The molecule has 2 nitrogen and oxygen atoms in total. The molecule has 1 radical (unpaired) electrons. The highest BCUT2D eigenvalue weighted by molar-refractivity contribution is 6.17. The van der Waals surface area contributed by atoms with Gasteiger partial charge in [0.05, 0.1) is 5.52 Å². The minimum absolute atomic E-state index is 0.0376. The van der Waals surface area contributed by atoms with Gasteiger partial charge in [-0.15, -0.1) is 11.6 Å². The van der Waals surface area contributed by atoms with E-state index in [1.165, 1.54) is 0 Å². The lowest BCUT2D eigenvalue weighted by molar-refractivity contribution is 0.360. The van der Waals surface area contributed by atoms with Crippen LogP contribution in [0.2, 0.25) is 0 Å². The summed E-state index contributed by atoms with van der Waals surface area (Å²) in [6, 6.07) is 8.65. The van der Waals surface area contributed by atoms with Gasteiger partial charge in [-0.3, -0.25) is 10.1 Å². The topological polar surface area (TPSA) is 32.8 Å². The molecule has 79 valence electrons. The van der Waals surface area contributed by atoms with E-state index in [2.05, 4.69) is 4.98 Å². The summed E-state index contributed by atoms with van der Waals surface area (Å²) < 4.78 is 0. The van der Waals surface area contributed by atoms with Crippen molar-refractivity contribution in [3.8, 4) is 5.75 Å². The lowest BCUT2D eigenvalue weighted by Gasteiger charge is -1.94. The summed E-state index contributed by atoms with van der Waals surface area (Å²) in [4.78, 5) is 4.04. The lowest BCUT2D eigenvalue weighted by Crippen LogP contribution is -1.75. The quantitative estimate of drug-likeness (QED) is 0.671. The van der Waals surface area contributed by atoms with Crippen LogP contribution >= 0.6 is 11.6 Å². The smallest absolute Gasteiger partial charge is 0.188 e. The fraction of sp³-hybridized carbons (Fsp3) is 0.250. The number of hydrogen-bond acceptors (Lipinski definition) is 1. The van der Waals surface area contributed by atoms with Crippen LogP contribution in [0.1, 0.15) is 13.3 Å². The molecule has 1 aromatic carbocycles. The number of nitrogens with zero attached hydrogens (tertiary/aromatic N) is 1. The van der Waals surface area contributed by atoms with E-state index in [1.807, 2.05) is 13.0 Å². The minimum Gasteiger partial charge on any atom is -0.289 e. The third-order valence-corrected chi connectivity index (χ3v) is 2.17. The molecule has 0 aliphatic heterocycles. The predicted octanol–water partition coefficient (Wildman–Crippen LogP) is 4.01. The van der Waals surface area contributed by atoms with Gasteiger partial charge in [0.25, 0.3) is 0 Å². The highest BCUT2D eigenvalue weighted by Crippen LogP contribution is 2.21. The summed E-state index contributed by atoms with van der Waals surface area (Å²) in [7, 11) is 0. The SMILES string of the molecule is CCCCl.[O]c1cccc2ncccc12. The Morgan fingerprint density at radius 2 is 2.00 bits per heavy atom. The van der Waals surface area contributed by atoms with Crippen LogP contribution in [-0.4, -0.2) is 10.9 Å². The highest BCUT2D eigenvalue weighted by Gasteiger charge is 1.98. The predicted molar refractivity (Wildman–Crippen MR) is 62.9 cm³/mol. The molecule has 15 heavy (non-hydrogen) atoms. The van der Waals surface area contributed by atoms with Gasteiger partial charge in [0, 0.05) is 17.5 Å². The van der Waals surface area contributed by atoms with Gasteiger partial charge in [0.2, 0.25) is 0 Å². The summed E-state index contributed by atoms with van der Waals surface area (Å²) in [6.45, 7) is 2.05. The molecule has 0 unspecified atom stereocenters. The zero-order valence-corrected chi connectivity index (χ0v) is 9.37. The Balaban J connectivity index is 0.000000245. The summed E-state index contributed by atoms with van der Waals surface area (Å²) in [5.74, 6) is 0.829. The van der Waals surface area contributed by atoms with E-state index in [0.29, 0.717) is 5.39 Å². The first-order valence-electron chi connectivity index (χ1n) is 4.86. The number of aromatic nitrogens is 1. The van der Waals surface area contributed by atoms with Crippen molar-refractivity contribution in [3.05, 3.63) is 36.5 Å². The van der Waals surface area contributed by atoms with Crippen molar-refractivity contribution in [2.24, 2.45) is 0 Å². The second kappa shape index (κ2) is 6.25. The number of alkyl halides is 1. The molecule has 0 fully saturated rings. The summed E-state index contributed by atoms with van der Waals surface area (Å²) in [5, 5.41) is 11.8. The molecule has 1 heterocycles. The first-order chi connectivity index (χ1) is 7.29. The van der Waals surface area contributed by atoms with Crippen molar-refractivity contribution < 1.29 is 5.11 Å². The summed E-state index contributed by atoms with van der Waals surface area (Å²) in [6.07, 6.45) is 2.77. The van der Waals surface area contributed by atoms with E-state index in [1.54, 1.807) is 30.5 Å². The lowest BCUT2D eigenvalue weighted by atomic mass is 10.2. The largest absolute Gasteiger partial charge is 0.289 e. The van der Waals surface area contributed by atoms with Gasteiger partial charge in [-0.1, -0.05) is 13.0 Å². The molecule has 0 amide bonds. The van der Waals surface area contributed by atoms with E-state index >= 15 is 0 Å². The average molecular weight is 223 g/mol. The fourth-order valence-electron chi connectivity index (χ4n) is 1.08. The van der Waals surface area contributed by atoms with Crippen molar-refractivity contribution in [2.45, 2.75) is 13.3 Å². The molecule has 0 atom stereocenters. The Hall–Kier alpha value is -1.28. The van der Waals surface area contributed by atoms with E-state index in [0.717, 1.165) is 17.8 Å². The fourth-order valence-corrected chi connectivity index (χ4v) is 1.08. The minimum atomic E-state index is 0.0376. The number of benzene rings is 1. The van der Waals surface area contributed by atoms with E-state index in [-0.39, 0.29) is 5.75 Å². The molecule has 1 aromatic heterocycles. The first kappa shape index (κ1) is 11.8. The number of rotatable bonds is 1. The standard InChI is InChI=1S/C9H6NO.C3H7Cl/c11-9-5-1-4-8-7(9)3-2-6-10-8;1-2-3-4/h1-6H;2-3H2,1H3. The van der Waals surface area contributed by atoms with Gasteiger partial charge in [0.1, 0.15) is 0 Å². The summed E-state index contributed by atoms with van der Waals surface area (Å²) >= 11 is 5.19. The van der Waals surface area contributed by atoms with Crippen LogP contribution in [0.3, 0.4) is 0 Å². The molecular weight excluding hydrogens is 210 g/mol. The number of fused-ring (bicyclic) bond motifs is 1. The Kier molecular flexibility index (Phi) is 4.91. The van der Waals surface area contributed by atoms with Crippen molar-refractivity contribution >= 4 is 22.5 Å². The van der Waals surface area contributed by atoms with Gasteiger partial charge in [-0.05, 0) is 30.7 Å². The van der Waals surface area contributed by atoms with Crippen molar-refractivity contribution in [1.29, 1.82) is 0 Å². The maximum atomic E-state index is 11.1. The molecular formula is C12H13ClNO. The second-order valence-electron chi connectivity index (χ2n) is 3.02. The second-order valence-corrected chi connectivity index (χ2v) is 3.39. The molecule has 0 saturated carbocycles. The summed E-state index contributed by atoms with van der Waals surface area (Å²) in [5.41, 5.74) is 0.764. The maximum Gasteiger partial charge on any atom is 0.188 e. The monoisotopic (exact) mass is 222 g/mol. The molecule has 2 rings (SSSR count). The molecule has 0 aliphatic rings. The van der Waals surface area contributed by atoms with Gasteiger partial charge in [0.15, 0.2) is 5.75 Å². The van der Waals surface area contributed by atoms with E-state index in [4.69, 9.17) is 11.6 Å². The molecule has 0 aliphatic carbocycles. The van der Waals surface area contributed by atoms with E-state index in [9.17, 15) is 5.11 Å². The number of halogens is 1. The van der Waals surface area contributed by atoms with E-state index < -0.39 is 0 Å². The van der Waals surface area contributed by atoms with Crippen LogP contribution in [0.5, 0.6) is 5.75 Å². The molecule has 0 bridgehead atoms. The van der Waals surface area contributed by atoms with Crippen LogP contribution in [-0.2, 0) is 5.11 Å². The van der Waals surface area contributed by atoms with Crippen LogP contribution < -0.4 is 0 Å². The third kappa shape index (κ3) is 3.40. The van der Waals surface area contributed by atoms with Gasteiger partial charge in [-0.2, -0.15) is 0 Å². The number of pyridine rings is 1. The van der Waals surface area contributed by atoms with Gasteiger partial charge in [-0.25, -0.2) is 0 Å². The molecule has 0 spiro atoms. The van der Waals surface area contributed by atoms with Crippen LogP contribution in [0.25, 0.3) is 10.9 Å². The Morgan fingerprint density at radius 1 is 1.27 bits per heavy atom. The zero-order chi connectivity index (χ0) is 11.1. The van der Waals surface area contributed by atoms with Crippen LogP contribution in [0.4, 0.5) is 0 Å². The van der Waals surface area contributed by atoms with Crippen molar-refractivity contribution in [2.75, 3.05) is 5.88 Å². The highest BCUT2D eigenvalue weighted by atomic mass is 35.5. The Morgan fingerprint density at radius 3 is 2.60 bits per heavy atom. The van der Waals surface area contributed by atoms with Crippen LogP contribution in [0.15, 0.2) is 36.5 Å². The van der Waals surface area contributed by atoms with Gasteiger partial charge < -0.3 is 0 Å². The molecule has 0 N–H and O–H groups in total. The Labute approximate surface area is 94.5 Å². The zero-order valence-electron chi connectivity index (χ0n) is 8.61. The number of hydrogen-bond donors (Lipinski definition) is 0. The van der Waals surface area contributed by atoms with Gasteiger partial charge >= 0.3 is 0 Å². The maximum absolute atomic E-state index is 11.1. The normalized spacial score (nSPS) is 9.47. The molecule has 3 heteroatoms. The van der Waals surface area contributed by atoms with Crippen LogP contribution in [0, 0.1) is 0 Å². The van der Waals surface area contributed by atoms with Crippen molar-refractivity contribution in [3.63, 3.8) is 0 Å².